The highest BCUT2D eigenvalue weighted by Crippen LogP contribution is 2.05. The third kappa shape index (κ3) is 3.83. The molecule has 1 amide bonds. The molecule has 1 aromatic carbocycles. The molecule has 1 N–H and O–H groups in total. The van der Waals surface area contributed by atoms with Crippen LogP contribution in [0.15, 0.2) is 54.7 Å². The van der Waals surface area contributed by atoms with E-state index in [1.165, 1.54) is 5.56 Å². The fraction of sp³-hybridized carbons (Fsp3) is 0.167. The van der Waals surface area contributed by atoms with Crippen molar-refractivity contribution >= 4 is 17.6 Å². The van der Waals surface area contributed by atoms with Crippen molar-refractivity contribution in [1.82, 2.24) is 19.9 Å². The maximum Gasteiger partial charge on any atom is 0.244 e. The van der Waals surface area contributed by atoms with E-state index in [1.54, 1.807) is 6.08 Å². The quantitative estimate of drug-likeness (QED) is 0.736. The van der Waals surface area contributed by atoms with E-state index in [0.29, 0.717) is 13.0 Å². The summed E-state index contributed by atoms with van der Waals surface area (Å²) in [5.41, 5.74) is 3.00. The van der Waals surface area contributed by atoms with Gasteiger partial charge in [0, 0.05) is 25.2 Å². The van der Waals surface area contributed by atoms with Crippen molar-refractivity contribution in [3.8, 4) is 0 Å². The Hall–Kier alpha value is -2.95. The lowest BCUT2D eigenvalue weighted by Gasteiger charge is -2.01. The number of rotatable bonds is 5. The van der Waals surface area contributed by atoms with Crippen molar-refractivity contribution in [2.75, 3.05) is 6.54 Å². The maximum atomic E-state index is 11.9. The summed E-state index contributed by atoms with van der Waals surface area (Å²) in [6.45, 7) is 2.55. The van der Waals surface area contributed by atoms with E-state index in [-0.39, 0.29) is 5.91 Å². The zero-order valence-electron chi connectivity index (χ0n) is 12.9. The van der Waals surface area contributed by atoms with Crippen LogP contribution in [0.5, 0.6) is 0 Å². The number of carbonyl (C=O) groups is 1. The summed E-state index contributed by atoms with van der Waals surface area (Å²) in [5, 5.41) is 11.1. The van der Waals surface area contributed by atoms with E-state index >= 15 is 0 Å². The van der Waals surface area contributed by atoms with Gasteiger partial charge in [-0.2, -0.15) is 0 Å². The van der Waals surface area contributed by atoms with Crippen LogP contribution in [0.3, 0.4) is 0 Å². The van der Waals surface area contributed by atoms with E-state index in [9.17, 15) is 4.79 Å². The number of pyridine rings is 1. The lowest BCUT2D eigenvalue weighted by Crippen LogP contribution is -2.24. The molecule has 23 heavy (non-hydrogen) atoms. The summed E-state index contributed by atoms with van der Waals surface area (Å²) in [5.74, 6) is 0.726. The zero-order chi connectivity index (χ0) is 16.1. The molecule has 0 aliphatic rings. The van der Waals surface area contributed by atoms with Crippen LogP contribution in [0, 0.1) is 6.92 Å². The Morgan fingerprint density at radius 2 is 2.13 bits per heavy atom. The second-order valence-electron chi connectivity index (χ2n) is 5.33. The monoisotopic (exact) mass is 306 g/mol. The first-order valence-electron chi connectivity index (χ1n) is 7.53. The Bertz CT molecular complexity index is 851. The number of nitrogens with one attached hydrogen (secondary N) is 1. The number of hydrogen-bond donors (Lipinski definition) is 1. The summed E-state index contributed by atoms with van der Waals surface area (Å²) in [4.78, 5) is 11.9. The summed E-state index contributed by atoms with van der Waals surface area (Å²) in [6.07, 6.45) is 5.92. The molecule has 0 bridgehead atoms. The van der Waals surface area contributed by atoms with Gasteiger partial charge in [-0.15, -0.1) is 10.2 Å². The zero-order valence-corrected chi connectivity index (χ0v) is 12.9. The molecule has 5 heteroatoms. The van der Waals surface area contributed by atoms with Crippen LogP contribution < -0.4 is 5.32 Å². The van der Waals surface area contributed by atoms with Crippen LogP contribution in [0.25, 0.3) is 11.7 Å². The van der Waals surface area contributed by atoms with Gasteiger partial charge in [-0.3, -0.25) is 9.20 Å². The fourth-order valence-electron chi connectivity index (χ4n) is 2.36. The topological polar surface area (TPSA) is 59.3 Å². The van der Waals surface area contributed by atoms with Gasteiger partial charge in [0.15, 0.2) is 5.65 Å². The highest BCUT2D eigenvalue weighted by Gasteiger charge is 2.04. The van der Waals surface area contributed by atoms with Crippen molar-refractivity contribution in [3.05, 3.63) is 71.7 Å². The molecule has 0 radical (unpaired) electrons. The molecule has 0 aliphatic heterocycles. The van der Waals surface area contributed by atoms with Crippen LogP contribution in [-0.4, -0.2) is 27.0 Å². The Morgan fingerprint density at radius 3 is 3.00 bits per heavy atom. The van der Waals surface area contributed by atoms with Crippen LogP contribution >= 0.6 is 0 Å². The van der Waals surface area contributed by atoms with Crippen molar-refractivity contribution < 1.29 is 4.79 Å². The number of carbonyl (C=O) groups excluding carboxylic acids is 1. The molecule has 3 aromatic rings. The molecule has 0 saturated heterocycles. The third-order valence-corrected chi connectivity index (χ3v) is 3.50. The first-order valence-corrected chi connectivity index (χ1v) is 7.53. The van der Waals surface area contributed by atoms with Crippen molar-refractivity contribution in [2.45, 2.75) is 13.3 Å². The van der Waals surface area contributed by atoms with E-state index in [2.05, 4.69) is 15.5 Å². The highest BCUT2D eigenvalue weighted by atomic mass is 16.1. The summed E-state index contributed by atoms with van der Waals surface area (Å²) in [7, 11) is 0. The molecular formula is C18H18N4O. The molecule has 0 atom stereocenters. The van der Waals surface area contributed by atoms with Crippen LogP contribution in [-0.2, 0) is 11.2 Å². The second kappa shape index (κ2) is 6.87. The minimum atomic E-state index is -0.111. The number of fused-ring (bicyclic) bond motifs is 1. The van der Waals surface area contributed by atoms with Crippen LogP contribution in [0.1, 0.15) is 17.0 Å². The van der Waals surface area contributed by atoms with Gasteiger partial charge in [-0.05, 0) is 30.7 Å². The highest BCUT2D eigenvalue weighted by molar-refractivity contribution is 5.91. The average molecular weight is 306 g/mol. The normalized spacial score (nSPS) is 11.2. The predicted molar refractivity (Wildman–Crippen MR) is 89.9 cm³/mol. The van der Waals surface area contributed by atoms with Crippen LogP contribution in [0.2, 0.25) is 0 Å². The van der Waals surface area contributed by atoms with E-state index < -0.39 is 0 Å². The predicted octanol–water partition coefficient (Wildman–Crippen LogP) is 2.41. The molecule has 0 aliphatic carbocycles. The van der Waals surface area contributed by atoms with Gasteiger partial charge < -0.3 is 5.32 Å². The van der Waals surface area contributed by atoms with E-state index in [4.69, 9.17) is 0 Å². The van der Waals surface area contributed by atoms with E-state index in [1.807, 2.05) is 66.1 Å². The van der Waals surface area contributed by atoms with Gasteiger partial charge in [-0.25, -0.2) is 0 Å². The molecule has 2 heterocycles. The average Bonchev–Trinajstić information content (AvgIpc) is 2.97. The Kier molecular flexibility index (Phi) is 4.47. The number of aryl methyl sites for hydroxylation is 1. The fourth-order valence-corrected chi connectivity index (χ4v) is 2.36. The van der Waals surface area contributed by atoms with Crippen LogP contribution in [0.4, 0.5) is 0 Å². The second-order valence-corrected chi connectivity index (χ2v) is 5.33. The van der Waals surface area contributed by atoms with Gasteiger partial charge in [-0.1, -0.05) is 35.9 Å². The Labute approximate surface area is 134 Å². The molecule has 2 aromatic heterocycles. The molecule has 0 spiro atoms. The number of aromatic nitrogens is 3. The molecule has 0 fully saturated rings. The smallest absolute Gasteiger partial charge is 0.244 e. The van der Waals surface area contributed by atoms with Crippen molar-refractivity contribution in [2.24, 2.45) is 0 Å². The van der Waals surface area contributed by atoms with Crippen molar-refractivity contribution in [1.29, 1.82) is 0 Å². The molecule has 116 valence electrons. The van der Waals surface area contributed by atoms with Crippen molar-refractivity contribution in [3.63, 3.8) is 0 Å². The molecule has 0 saturated carbocycles. The van der Waals surface area contributed by atoms with E-state index in [0.717, 1.165) is 17.0 Å². The molecule has 5 nitrogen and oxygen atoms in total. The number of hydrogen-bond acceptors (Lipinski definition) is 3. The molecule has 0 unspecified atom stereocenters. The lowest BCUT2D eigenvalue weighted by molar-refractivity contribution is -0.116. The number of benzene rings is 1. The first kappa shape index (κ1) is 15.0. The summed E-state index contributed by atoms with van der Waals surface area (Å²) < 4.78 is 1.93. The van der Waals surface area contributed by atoms with Gasteiger partial charge in [0.2, 0.25) is 5.91 Å². The minimum Gasteiger partial charge on any atom is -0.352 e. The maximum absolute atomic E-state index is 11.9. The van der Waals surface area contributed by atoms with Gasteiger partial charge in [0.25, 0.3) is 0 Å². The standard InChI is InChI=1S/C18H18N4O/c1-14-5-4-6-15(13-14)8-9-18(23)19-11-10-17-21-20-16-7-2-3-12-22(16)17/h2-9,12-13H,10-11H2,1H3,(H,19,23)/b9-8+. The Balaban J connectivity index is 1.53. The Morgan fingerprint density at radius 1 is 1.22 bits per heavy atom. The number of amides is 1. The third-order valence-electron chi connectivity index (χ3n) is 3.50. The molecular weight excluding hydrogens is 288 g/mol. The van der Waals surface area contributed by atoms with Gasteiger partial charge in [0.1, 0.15) is 5.82 Å². The number of nitrogens with zero attached hydrogens (tertiary/aromatic N) is 3. The first-order chi connectivity index (χ1) is 11.2. The molecule has 3 rings (SSSR count). The van der Waals surface area contributed by atoms with Gasteiger partial charge >= 0.3 is 0 Å². The minimum absolute atomic E-state index is 0.111. The van der Waals surface area contributed by atoms with Gasteiger partial charge in [0.05, 0.1) is 0 Å². The largest absolute Gasteiger partial charge is 0.352 e. The lowest BCUT2D eigenvalue weighted by atomic mass is 10.1. The summed E-state index contributed by atoms with van der Waals surface area (Å²) in [6, 6.07) is 13.8. The summed E-state index contributed by atoms with van der Waals surface area (Å²) >= 11 is 0. The SMILES string of the molecule is Cc1cccc(/C=C/C(=O)NCCc2nnc3ccccn23)c1.